The van der Waals surface area contributed by atoms with Crippen molar-refractivity contribution < 1.29 is 23.0 Å². The Morgan fingerprint density at radius 2 is 2.15 bits per heavy atom. The molecule has 3 nitrogen and oxygen atoms in total. The molecule has 0 fully saturated rings. The minimum absolute atomic E-state index is 0.0919. The van der Waals surface area contributed by atoms with Gasteiger partial charge in [0.2, 0.25) is 0 Å². The van der Waals surface area contributed by atoms with Crippen molar-refractivity contribution in [3.05, 3.63) is 29.3 Å². The molecule has 0 aromatic heterocycles. The number of aliphatic hydroxyl groups is 1. The summed E-state index contributed by atoms with van der Waals surface area (Å²) in [7, 11) is 0. The summed E-state index contributed by atoms with van der Waals surface area (Å²) < 4.78 is 43.0. The molecular formula is C14H18F3NO2. The number of alkyl halides is 3. The SMILES string of the molecule is CC(CC(F)(F)F)N1CCOc2ccc(CO)cc2C1. The van der Waals surface area contributed by atoms with Crippen LogP contribution in [-0.2, 0) is 13.2 Å². The van der Waals surface area contributed by atoms with Crippen LogP contribution in [0.5, 0.6) is 5.75 Å². The van der Waals surface area contributed by atoms with Gasteiger partial charge in [-0.15, -0.1) is 0 Å². The van der Waals surface area contributed by atoms with Crippen molar-refractivity contribution in [2.75, 3.05) is 13.2 Å². The van der Waals surface area contributed by atoms with Crippen LogP contribution in [0.15, 0.2) is 18.2 Å². The minimum Gasteiger partial charge on any atom is -0.492 e. The highest BCUT2D eigenvalue weighted by molar-refractivity contribution is 5.37. The van der Waals surface area contributed by atoms with Crippen LogP contribution in [0.4, 0.5) is 13.2 Å². The summed E-state index contributed by atoms with van der Waals surface area (Å²) >= 11 is 0. The molecule has 0 saturated carbocycles. The van der Waals surface area contributed by atoms with Crippen molar-refractivity contribution in [1.29, 1.82) is 0 Å². The largest absolute Gasteiger partial charge is 0.492 e. The van der Waals surface area contributed by atoms with Gasteiger partial charge in [0, 0.05) is 24.7 Å². The summed E-state index contributed by atoms with van der Waals surface area (Å²) in [6.45, 7) is 2.72. The molecule has 0 spiro atoms. The molecule has 6 heteroatoms. The van der Waals surface area contributed by atoms with E-state index < -0.39 is 18.6 Å². The maximum Gasteiger partial charge on any atom is 0.390 e. The fourth-order valence-corrected chi connectivity index (χ4v) is 2.41. The third-order valence-corrected chi connectivity index (χ3v) is 3.47. The van der Waals surface area contributed by atoms with Crippen molar-refractivity contribution in [3.63, 3.8) is 0 Å². The molecule has 1 heterocycles. The number of rotatable bonds is 3. The first kappa shape index (κ1) is 15.1. The summed E-state index contributed by atoms with van der Waals surface area (Å²) in [5.74, 6) is 0.684. The van der Waals surface area contributed by atoms with Gasteiger partial charge >= 0.3 is 6.18 Å². The van der Waals surface area contributed by atoms with E-state index in [0.717, 1.165) is 11.1 Å². The molecular weight excluding hydrogens is 271 g/mol. The maximum atomic E-state index is 12.5. The molecule has 2 rings (SSSR count). The molecule has 0 bridgehead atoms. The van der Waals surface area contributed by atoms with Gasteiger partial charge < -0.3 is 9.84 Å². The topological polar surface area (TPSA) is 32.7 Å². The van der Waals surface area contributed by atoms with E-state index in [1.807, 2.05) is 0 Å². The Labute approximate surface area is 116 Å². The average Bonchev–Trinajstić information content (AvgIpc) is 2.57. The number of nitrogens with zero attached hydrogens (tertiary/aromatic N) is 1. The van der Waals surface area contributed by atoms with Crippen molar-refractivity contribution in [3.8, 4) is 5.75 Å². The molecule has 1 aromatic carbocycles. The van der Waals surface area contributed by atoms with E-state index in [1.54, 1.807) is 30.0 Å². The molecule has 1 aliphatic rings. The van der Waals surface area contributed by atoms with Crippen LogP contribution < -0.4 is 4.74 Å². The second-order valence-electron chi connectivity index (χ2n) is 5.09. The molecule has 112 valence electrons. The Bertz CT molecular complexity index is 462. The lowest BCUT2D eigenvalue weighted by Gasteiger charge is -2.27. The van der Waals surface area contributed by atoms with Gasteiger partial charge in [-0.1, -0.05) is 6.07 Å². The number of hydrogen-bond acceptors (Lipinski definition) is 3. The minimum atomic E-state index is -4.16. The quantitative estimate of drug-likeness (QED) is 0.928. The van der Waals surface area contributed by atoms with Crippen LogP contribution in [-0.4, -0.2) is 35.4 Å². The maximum absolute atomic E-state index is 12.5. The molecule has 1 atom stereocenters. The van der Waals surface area contributed by atoms with E-state index in [2.05, 4.69) is 0 Å². The number of ether oxygens (including phenoxy) is 1. The molecule has 0 aliphatic carbocycles. The highest BCUT2D eigenvalue weighted by atomic mass is 19.4. The zero-order valence-electron chi connectivity index (χ0n) is 11.3. The predicted octanol–water partition coefficient (Wildman–Crippen LogP) is 2.71. The molecule has 1 aliphatic heterocycles. The smallest absolute Gasteiger partial charge is 0.390 e. The first-order valence-electron chi connectivity index (χ1n) is 6.55. The average molecular weight is 289 g/mol. The van der Waals surface area contributed by atoms with Crippen molar-refractivity contribution >= 4 is 0 Å². The normalized spacial score (nSPS) is 18.1. The van der Waals surface area contributed by atoms with Crippen LogP contribution in [0.1, 0.15) is 24.5 Å². The lowest BCUT2D eigenvalue weighted by Crippen LogP contribution is -2.37. The van der Waals surface area contributed by atoms with Crippen molar-refractivity contribution in [2.45, 2.75) is 38.7 Å². The summed E-state index contributed by atoms with van der Waals surface area (Å²) in [6, 6.07) is 4.71. The van der Waals surface area contributed by atoms with E-state index in [0.29, 0.717) is 25.4 Å². The van der Waals surface area contributed by atoms with Crippen LogP contribution in [0, 0.1) is 0 Å². The van der Waals surface area contributed by atoms with Gasteiger partial charge in [-0.2, -0.15) is 13.2 Å². The summed E-state index contributed by atoms with van der Waals surface area (Å²) in [6.07, 6.45) is -5.00. The number of fused-ring (bicyclic) bond motifs is 1. The van der Waals surface area contributed by atoms with Crippen molar-refractivity contribution in [2.24, 2.45) is 0 Å². The van der Waals surface area contributed by atoms with E-state index in [9.17, 15) is 13.2 Å². The Balaban J connectivity index is 2.14. The van der Waals surface area contributed by atoms with Crippen LogP contribution >= 0.6 is 0 Å². The predicted molar refractivity (Wildman–Crippen MR) is 68.4 cm³/mol. The number of benzene rings is 1. The fourth-order valence-electron chi connectivity index (χ4n) is 2.41. The van der Waals surface area contributed by atoms with Gasteiger partial charge in [0.1, 0.15) is 12.4 Å². The van der Waals surface area contributed by atoms with Gasteiger partial charge in [-0.3, -0.25) is 4.90 Å². The Morgan fingerprint density at radius 3 is 2.80 bits per heavy atom. The Kier molecular flexibility index (Phi) is 4.55. The highest BCUT2D eigenvalue weighted by Gasteiger charge is 2.33. The fraction of sp³-hybridized carbons (Fsp3) is 0.571. The second-order valence-corrected chi connectivity index (χ2v) is 5.09. The summed E-state index contributed by atoms with van der Waals surface area (Å²) in [5, 5.41) is 9.13. The zero-order valence-corrected chi connectivity index (χ0v) is 11.3. The molecule has 1 N–H and O–H groups in total. The second kappa shape index (κ2) is 6.01. The van der Waals surface area contributed by atoms with E-state index >= 15 is 0 Å². The monoisotopic (exact) mass is 289 g/mol. The molecule has 0 amide bonds. The first-order valence-corrected chi connectivity index (χ1v) is 6.55. The molecule has 1 aromatic rings. The molecule has 0 radical (unpaired) electrons. The highest BCUT2D eigenvalue weighted by Crippen LogP contribution is 2.29. The standard InChI is InChI=1S/C14H18F3NO2/c1-10(7-14(15,16)17)18-4-5-20-13-3-2-11(9-19)6-12(13)8-18/h2-3,6,10,19H,4-5,7-9H2,1H3. The van der Waals surface area contributed by atoms with Gasteiger partial charge in [-0.25, -0.2) is 0 Å². The third-order valence-electron chi connectivity index (χ3n) is 3.47. The molecule has 1 unspecified atom stereocenters. The first-order chi connectivity index (χ1) is 9.39. The summed E-state index contributed by atoms with van der Waals surface area (Å²) in [5.41, 5.74) is 1.56. The third kappa shape index (κ3) is 3.86. The number of aliphatic hydroxyl groups excluding tert-OH is 1. The summed E-state index contributed by atoms with van der Waals surface area (Å²) in [4.78, 5) is 1.76. The van der Waals surface area contributed by atoms with Crippen LogP contribution in [0.3, 0.4) is 0 Å². The lowest BCUT2D eigenvalue weighted by atomic mass is 10.1. The number of halogens is 3. The lowest BCUT2D eigenvalue weighted by molar-refractivity contribution is -0.146. The van der Waals surface area contributed by atoms with Crippen molar-refractivity contribution in [1.82, 2.24) is 4.90 Å². The van der Waals surface area contributed by atoms with Gasteiger partial charge in [0.25, 0.3) is 0 Å². The van der Waals surface area contributed by atoms with E-state index in [1.165, 1.54) is 0 Å². The number of hydrogen-bond donors (Lipinski definition) is 1. The molecule has 0 saturated heterocycles. The Hall–Kier alpha value is -1.27. The van der Waals surface area contributed by atoms with E-state index in [-0.39, 0.29) is 6.61 Å². The van der Waals surface area contributed by atoms with Crippen LogP contribution in [0.2, 0.25) is 0 Å². The van der Waals surface area contributed by atoms with E-state index in [4.69, 9.17) is 9.84 Å². The van der Waals surface area contributed by atoms with Gasteiger partial charge in [-0.05, 0) is 24.6 Å². The van der Waals surface area contributed by atoms with Gasteiger partial charge in [0.15, 0.2) is 0 Å². The van der Waals surface area contributed by atoms with Crippen LogP contribution in [0.25, 0.3) is 0 Å². The molecule has 20 heavy (non-hydrogen) atoms. The van der Waals surface area contributed by atoms with Gasteiger partial charge in [0.05, 0.1) is 13.0 Å². The Morgan fingerprint density at radius 1 is 1.40 bits per heavy atom. The zero-order chi connectivity index (χ0) is 14.8.